The molecule has 0 aliphatic carbocycles. The summed E-state index contributed by atoms with van der Waals surface area (Å²) in [6, 6.07) is 10.6. The van der Waals surface area contributed by atoms with Crippen LogP contribution in [0.25, 0.3) is 16.7 Å². The summed E-state index contributed by atoms with van der Waals surface area (Å²) in [5.41, 5.74) is 6.31. The van der Waals surface area contributed by atoms with Gasteiger partial charge in [-0.25, -0.2) is 4.98 Å². The number of aliphatic hydroxyl groups excluding tert-OH is 1. The van der Waals surface area contributed by atoms with E-state index in [2.05, 4.69) is 46.1 Å². The largest absolute Gasteiger partial charge is 0.396 e. The number of aliphatic hydroxyl groups is 1. The fourth-order valence-corrected chi connectivity index (χ4v) is 3.59. The standard InChI is InChI=1S/C19H21N3O/c1-13-4-5-17-15(11-13)16-12-20-9-6-18(16)22(17)19-14(7-10-23)3-2-8-21-19/h2-5,8,11,20,23H,6-7,9-10,12H2,1H3. The molecular weight excluding hydrogens is 286 g/mol. The second-order valence-electron chi connectivity index (χ2n) is 6.17. The molecule has 0 unspecified atom stereocenters. The molecule has 2 aromatic heterocycles. The Balaban J connectivity index is 2.04. The van der Waals surface area contributed by atoms with Crippen molar-refractivity contribution in [3.8, 4) is 5.82 Å². The molecule has 0 radical (unpaired) electrons. The molecule has 4 nitrogen and oxygen atoms in total. The first-order chi connectivity index (χ1) is 11.3. The van der Waals surface area contributed by atoms with Crippen LogP contribution in [-0.4, -0.2) is 27.8 Å². The van der Waals surface area contributed by atoms with Gasteiger partial charge in [0.2, 0.25) is 0 Å². The third-order valence-electron chi connectivity index (χ3n) is 4.64. The highest BCUT2D eigenvalue weighted by molar-refractivity contribution is 5.88. The predicted octanol–water partition coefficient (Wildman–Crippen LogP) is 2.51. The molecule has 0 spiro atoms. The molecule has 1 aromatic carbocycles. The van der Waals surface area contributed by atoms with Crippen LogP contribution in [-0.2, 0) is 19.4 Å². The summed E-state index contributed by atoms with van der Waals surface area (Å²) in [6.07, 6.45) is 3.46. The van der Waals surface area contributed by atoms with Gasteiger partial charge in [0.1, 0.15) is 5.82 Å². The number of benzene rings is 1. The van der Waals surface area contributed by atoms with Crippen molar-refractivity contribution in [2.75, 3.05) is 13.2 Å². The van der Waals surface area contributed by atoms with Crippen molar-refractivity contribution in [2.45, 2.75) is 26.3 Å². The first-order valence-electron chi connectivity index (χ1n) is 8.18. The average molecular weight is 307 g/mol. The summed E-state index contributed by atoms with van der Waals surface area (Å²) >= 11 is 0. The van der Waals surface area contributed by atoms with E-state index >= 15 is 0 Å². The Hall–Kier alpha value is -2.17. The van der Waals surface area contributed by atoms with Crippen molar-refractivity contribution in [1.29, 1.82) is 0 Å². The second kappa shape index (κ2) is 5.80. The quantitative estimate of drug-likeness (QED) is 0.782. The van der Waals surface area contributed by atoms with Gasteiger partial charge in [-0.15, -0.1) is 0 Å². The summed E-state index contributed by atoms with van der Waals surface area (Å²) < 4.78 is 2.30. The minimum Gasteiger partial charge on any atom is -0.396 e. The maximum Gasteiger partial charge on any atom is 0.140 e. The van der Waals surface area contributed by atoms with Gasteiger partial charge in [-0.1, -0.05) is 17.7 Å². The zero-order chi connectivity index (χ0) is 15.8. The number of hydrogen-bond acceptors (Lipinski definition) is 3. The molecule has 23 heavy (non-hydrogen) atoms. The monoisotopic (exact) mass is 307 g/mol. The van der Waals surface area contributed by atoms with Crippen LogP contribution in [0.15, 0.2) is 36.5 Å². The van der Waals surface area contributed by atoms with Gasteiger partial charge in [0.25, 0.3) is 0 Å². The number of rotatable bonds is 3. The molecule has 118 valence electrons. The molecular formula is C19H21N3O. The van der Waals surface area contributed by atoms with Crippen LogP contribution in [0.3, 0.4) is 0 Å². The van der Waals surface area contributed by atoms with E-state index in [9.17, 15) is 5.11 Å². The summed E-state index contributed by atoms with van der Waals surface area (Å²) in [7, 11) is 0. The first kappa shape index (κ1) is 14.4. The number of fused-ring (bicyclic) bond motifs is 3. The molecule has 1 aliphatic rings. The van der Waals surface area contributed by atoms with E-state index in [4.69, 9.17) is 0 Å². The Labute approximate surface area is 135 Å². The van der Waals surface area contributed by atoms with Gasteiger partial charge in [0.15, 0.2) is 0 Å². The Kier molecular flexibility index (Phi) is 3.63. The topological polar surface area (TPSA) is 50.1 Å². The highest BCUT2D eigenvalue weighted by Crippen LogP contribution is 2.32. The van der Waals surface area contributed by atoms with E-state index in [1.807, 2.05) is 12.3 Å². The lowest BCUT2D eigenvalue weighted by atomic mass is 10.0. The number of hydrogen-bond donors (Lipinski definition) is 2. The van der Waals surface area contributed by atoms with Crippen LogP contribution in [0, 0.1) is 6.92 Å². The van der Waals surface area contributed by atoms with Crippen LogP contribution in [0.5, 0.6) is 0 Å². The summed E-state index contributed by atoms with van der Waals surface area (Å²) in [4.78, 5) is 4.65. The Bertz CT molecular complexity index is 866. The molecule has 0 saturated heterocycles. The van der Waals surface area contributed by atoms with Gasteiger partial charge < -0.3 is 10.4 Å². The Morgan fingerprint density at radius 1 is 1.30 bits per heavy atom. The smallest absolute Gasteiger partial charge is 0.140 e. The van der Waals surface area contributed by atoms with E-state index in [1.54, 1.807) is 0 Å². The third-order valence-corrected chi connectivity index (χ3v) is 4.64. The van der Waals surface area contributed by atoms with E-state index < -0.39 is 0 Å². The molecule has 0 amide bonds. The van der Waals surface area contributed by atoms with Crippen LogP contribution >= 0.6 is 0 Å². The minimum absolute atomic E-state index is 0.140. The molecule has 1 aliphatic heterocycles. The highest BCUT2D eigenvalue weighted by atomic mass is 16.2. The molecule has 0 saturated carbocycles. The van der Waals surface area contributed by atoms with Crippen molar-refractivity contribution in [3.05, 3.63) is 58.9 Å². The van der Waals surface area contributed by atoms with Gasteiger partial charge in [0.05, 0.1) is 5.52 Å². The molecule has 0 atom stereocenters. The molecule has 3 aromatic rings. The number of aryl methyl sites for hydroxylation is 1. The van der Waals surface area contributed by atoms with Gasteiger partial charge >= 0.3 is 0 Å². The molecule has 0 fully saturated rings. The van der Waals surface area contributed by atoms with Crippen molar-refractivity contribution in [1.82, 2.24) is 14.9 Å². The van der Waals surface area contributed by atoms with Crippen LogP contribution < -0.4 is 5.32 Å². The molecule has 0 bridgehead atoms. The lowest BCUT2D eigenvalue weighted by Gasteiger charge is -2.18. The highest BCUT2D eigenvalue weighted by Gasteiger charge is 2.22. The number of pyridine rings is 1. The molecule has 4 rings (SSSR count). The van der Waals surface area contributed by atoms with Crippen LogP contribution in [0.4, 0.5) is 0 Å². The van der Waals surface area contributed by atoms with Gasteiger partial charge in [0, 0.05) is 43.4 Å². The SMILES string of the molecule is Cc1ccc2c(c1)c1c(n2-c2ncccc2CCO)CCNC1. The van der Waals surface area contributed by atoms with E-state index in [0.717, 1.165) is 30.9 Å². The van der Waals surface area contributed by atoms with Crippen LogP contribution in [0.2, 0.25) is 0 Å². The van der Waals surface area contributed by atoms with Crippen molar-refractivity contribution in [2.24, 2.45) is 0 Å². The van der Waals surface area contributed by atoms with Crippen molar-refractivity contribution < 1.29 is 5.11 Å². The zero-order valence-electron chi connectivity index (χ0n) is 13.3. The van der Waals surface area contributed by atoms with E-state index in [0.29, 0.717) is 6.42 Å². The van der Waals surface area contributed by atoms with E-state index in [-0.39, 0.29) is 6.61 Å². The average Bonchev–Trinajstić information content (AvgIpc) is 2.90. The number of nitrogens with zero attached hydrogens (tertiary/aromatic N) is 2. The minimum atomic E-state index is 0.140. The second-order valence-corrected chi connectivity index (χ2v) is 6.17. The third kappa shape index (κ3) is 2.35. The van der Waals surface area contributed by atoms with E-state index in [1.165, 1.54) is 27.7 Å². The fourth-order valence-electron chi connectivity index (χ4n) is 3.59. The van der Waals surface area contributed by atoms with Gasteiger partial charge in [-0.2, -0.15) is 0 Å². The van der Waals surface area contributed by atoms with Crippen LogP contribution in [0.1, 0.15) is 22.4 Å². The molecule has 2 N–H and O–H groups in total. The fraction of sp³-hybridized carbons (Fsp3) is 0.316. The first-order valence-corrected chi connectivity index (χ1v) is 8.18. The Morgan fingerprint density at radius 3 is 3.09 bits per heavy atom. The molecule has 4 heteroatoms. The molecule has 3 heterocycles. The zero-order valence-corrected chi connectivity index (χ0v) is 13.3. The number of aromatic nitrogens is 2. The maximum atomic E-state index is 9.38. The lowest BCUT2D eigenvalue weighted by molar-refractivity contribution is 0.299. The van der Waals surface area contributed by atoms with Crippen molar-refractivity contribution in [3.63, 3.8) is 0 Å². The predicted molar refractivity (Wildman–Crippen MR) is 92.0 cm³/mol. The Morgan fingerprint density at radius 2 is 2.22 bits per heavy atom. The van der Waals surface area contributed by atoms with Gasteiger partial charge in [-0.05, 0) is 42.7 Å². The number of nitrogens with one attached hydrogen (secondary N) is 1. The summed E-state index contributed by atoms with van der Waals surface area (Å²) in [5.74, 6) is 0.957. The summed E-state index contributed by atoms with van der Waals surface area (Å²) in [5, 5.41) is 14.2. The maximum absolute atomic E-state index is 9.38. The summed E-state index contributed by atoms with van der Waals surface area (Å²) in [6.45, 7) is 4.17. The lowest BCUT2D eigenvalue weighted by Crippen LogP contribution is -2.24. The normalized spacial score (nSPS) is 14.2. The van der Waals surface area contributed by atoms with Gasteiger partial charge in [-0.3, -0.25) is 4.57 Å². The van der Waals surface area contributed by atoms with Crippen molar-refractivity contribution >= 4 is 10.9 Å².